The summed E-state index contributed by atoms with van der Waals surface area (Å²) < 4.78 is 22.5. The number of rotatable bonds is 5. The molecule has 0 saturated carbocycles. The molecule has 30 heavy (non-hydrogen) atoms. The van der Waals surface area contributed by atoms with Crippen molar-refractivity contribution in [1.29, 1.82) is 0 Å². The Balaban J connectivity index is 2.26. The zero-order valence-corrected chi connectivity index (χ0v) is 19.2. The summed E-state index contributed by atoms with van der Waals surface area (Å²) >= 11 is 6.12. The van der Waals surface area contributed by atoms with Crippen LogP contribution >= 0.6 is 11.6 Å². The lowest BCUT2D eigenvalue weighted by Crippen LogP contribution is -2.27. The summed E-state index contributed by atoms with van der Waals surface area (Å²) in [6.45, 7) is 10.3. The first-order valence-electron chi connectivity index (χ1n) is 10.2. The molecule has 0 fully saturated rings. The molecule has 1 N–H and O–H groups in total. The molecular formula is C23H29ClFN3O2. The maximum atomic E-state index is 15.2. The Hall–Kier alpha value is -2.34. The quantitative estimate of drug-likeness (QED) is 0.486. The maximum Gasteiger partial charge on any atom is 0.336 e. The van der Waals surface area contributed by atoms with E-state index in [0.717, 1.165) is 29.9 Å². The van der Waals surface area contributed by atoms with Gasteiger partial charge in [-0.15, -0.1) is 0 Å². The molecular weight excluding hydrogens is 405 g/mol. The van der Waals surface area contributed by atoms with Crippen LogP contribution in [0.25, 0.3) is 0 Å². The Kier molecular flexibility index (Phi) is 6.27. The van der Waals surface area contributed by atoms with E-state index >= 15 is 4.39 Å². The van der Waals surface area contributed by atoms with Gasteiger partial charge in [-0.3, -0.25) is 4.68 Å². The van der Waals surface area contributed by atoms with E-state index in [0.29, 0.717) is 23.4 Å². The van der Waals surface area contributed by atoms with Crippen molar-refractivity contribution in [1.82, 2.24) is 9.78 Å². The number of aromatic nitrogens is 2. The third-order valence-electron chi connectivity index (χ3n) is 5.32. The minimum atomic E-state index is -0.669. The van der Waals surface area contributed by atoms with Gasteiger partial charge in [0.1, 0.15) is 11.6 Å². The Labute approximate surface area is 182 Å². The fourth-order valence-electron chi connectivity index (χ4n) is 3.83. The fraction of sp³-hybridized carbons (Fsp3) is 0.478. The number of unbranched alkanes of at least 4 members (excludes halogenated alkanes) is 1. The van der Waals surface area contributed by atoms with Gasteiger partial charge in [-0.2, -0.15) is 5.10 Å². The first-order chi connectivity index (χ1) is 14.1. The molecule has 1 aliphatic rings. The highest BCUT2D eigenvalue weighted by atomic mass is 35.5. The lowest BCUT2D eigenvalue weighted by Gasteiger charge is -2.31. The van der Waals surface area contributed by atoms with Gasteiger partial charge >= 0.3 is 5.97 Å². The number of anilines is 1. The largest absolute Gasteiger partial charge is 0.462 e. The Morgan fingerprint density at radius 3 is 2.70 bits per heavy atom. The molecule has 1 aliphatic heterocycles. The number of halogens is 2. The van der Waals surface area contributed by atoms with E-state index in [9.17, 15) is 4.79 Å². The van der Waals surface area contributed by atoms with Crippen LogP contribution in [-0.4, -0.2) is 22.4 Å². The lowest BCUT2D eigenvalue weighted by molar-refractivity contribution is -0.139. The van der Waals surface area contributed by atoms with Crippen LogP contribution in [0.1, 0.15) is 70.2 Å². The summed E-state index contributed by atoms with van der Waals surface area (Å²) in [4.78, 5) is 13.1. The van der Waals surface area contributed by atoms with Crippen LogP contribution in [0.5, 0.6) is 0 Å². The van der Waals surface area contributed by atoms with Gasteiger partial charge in [0.25, 0.3) is 0 Å². The summed E-state index contributed by atoms with van der Waals surface area (Å²) in [7, 11) is 1.84. The molecule has 0 saturated heterocycles. The highest BCUT2D eigenvalue weighted by Crippen LogP contribution is 2.47. The SMILES string of the molecule is CCCCOC(=O)C1=C(C)Nc2c(c(C(C)(C)C)nn2C)C1c1cccc(Cl)c1F. The second-order valence-corrected chi connectivity index (χ2v) is 9.12. The Morgan fingerprint density at radius 1 is 1.37 bits per heavy atom. The maximum absolute atomic E-state index is 15.2. The molecule has 0 radical (unpaired) electrons. The van der Waals surface area contributed by atoms with E-state index in [1.165, 1.54) is 6.07 Å². The number of nitrogens with one attached hydrogen (secondary N) is 1. The van der Waals surface area contributed by atoms with Crippen LogP contribution < -0.4 is 5.32 Å². The number of aryl methyl sites for hydroxylation is 1. The number of esters is 1. The van der Waals surface area contributed by atoms with Crippen LogP contribution in [0, 0.1) is 5.82 Å². The predicted octanol–water partition coefficient (Wildman–Crippen LogP) is 5.68. The smallest absolute Gasteiger partial charge is 0.336 e. The molecule has 1 aromatic carbocycles. The second-order valence-electron chi connectivity index (χ2n) is 8.71. The van der Waals surface area contributed by atoms with E-state index in [1.807, 2.05) is 34.7 Å². The number of nitrogens with zero attached hydrogens (tertiary/aromatic N) is 2. The molecule has 1 atom stereocenters. The number of carbonyl (C=O) groups is 1. The van der Waals surface area contributed by atoms with E-state index in [1.54, 1.807) is 23.7 Å². The van der Waals surface area contributed by atoms with Crippen LogP contribution in [0.4, 0.5) is 10.2 Å². The third-order valence-corrected chi connectivity index (χ3v) is 5.62. The number of hydrogen-bond donors (Lipinski definition) is 1. The fourth-order valence-corrected chi connectivity index (χ4v) is 4.02. The Bertz CT molecular complexity index is 1000. The summed E-state index contributed by atoms with van der Waals surface area (Å²) in [5, 5.41) is 8.03. The number of hydrogen-bond acceptors (Lipinski definition) is 4. The molecule has 0 bridgehead atoms. The zero-order valence-electron chi connectivity index (χ0n) is 18.4. The van der Waals surface area contributed by atoms with Gasteiger partial charge in [0.2, 0.25) is 0 Å². The molecule has 2 heterocycles. The van der Waals surface area contributed by atoms with Gasteiger partial charge in [0.05, 0.1) is 28.8 Å². The average Bonchev–Trinajstić information content (AvgIpc) is 3.00. The van der Waals surface area contributed by atoms with Crippen molar-refractivity contribution in [2.24, 2.45) is 7.05 Å². The average molecular weight is 434 g/mol. The first kappa shape index (κ1) is 22.3. The highest BCUT2D eigenvalue weighted by molar-refractivity contribution is 6.30. The van der Waals surface area contributed by atoms with E-state index in [-0.39, 0.29) is 10.4 Å². The second kappa shape index (κ2) is 8.42. The van der Waals surface area contributed by atoms with Gasteiger partial charge < -0.3 is 10.1 Å². The van der Waals surface area contributed by atoms with Crippen molar-refractivity contribution in [3.05, 3.63) is 57.1 Å². The molecule has 1 aromatic heterocycles. The molecule has 0 spiro atoms. The minimum absolute atomic E-state index is 0.0186. The van der Waals surface area contributed by atoms with Crippen molar-refractivity contribution < 1.29 is 13.9 Å². The number of allylic oxidation sites excluding steroid dienone is 1. The molecule has 0 amide bonds. The van der Waals surface area contributed by atoms with Crippen LogP contribution in [-0.2, 0) is 22.0 Å². The first-order valence-corrected chi connectivity index (χ1v) is 10.6. The zero-order chi connectivity index (χ0) is 22.2. The van der Waals surface area contributed by atoms with Crippen molar-refractivity contribution in [2.45, 2.75) is 58.8 Å². The number of benzene rings is 1. The number of ether oxygens (including phenoxy) is 1. The van der Waals surface area contributed by atoms with Gasteiger partial charge in [0, 0.05) is 29.3 Å². The normalized spacial score (nSPS) is 16.3. The standard InChI is InChI=1S/C23H29ClFN3O2/c1-7-8-12-30-22(29)16-13(2)26-21-18(20(23(3,4)5)27-28(21)6)17(16)14-10-9-11-15(24)19(14)25/h9-11,17,26H,7-8,12H2,1-6H3. The van der Waals surface area contributed by atoms with Gasteiger partial charge in [-0.1, -0.05) is 57.8 Å². The van der Waals surface area contributed by atoms with Crippen LogP contribution in [0.15, 0.2) is 29.5 Å². The van der Waals surface area contributed by atoms with Gasteiger partial charge in [0.15, 0.2) is 0 Å². The Morgan fingerprint density at radius 2 is 2.07 bits per heavy atom. The van der Waals surface area contributed by atoms with Crippen LogP contribution in [0.3, 0.4) is 0 Å². The highest BCUT2D eigenvalue weighted by Gasteiger charge is 2.41. The van der Waals surface area contributed by atoms with Crippen molar-refractivity contribution in [3.8, 4) is 0 Å². The monoisotopic (exact) mass is 433 g/mol. The lowest BCUT2D eigenvalue weighted by atomic mass is 9.77. The van der Waals surface area contributed by atoms with Crippen molar-refractivity contribution >= 4 is 23.4 Å². The summed E-state index contributed by atoms with van der Waals surface area (Å²) in [6, 6.07) is 4.88. The van der Waals surface area contributed by atoms with Gasteiger partial charge in [-0.05, 0) is 19.4 Å². The van der Waals surface area contributed by atoms with E-state index in [2.05, 4.69) is 5.32 Å². The molecule has 162 valence electrons. The van der Waals surface area contributed by atoms with E-state index < -0.39 is 17.7 Å². The summed E-state index contributed by atoms with van der Waals surface area (Å²) in [5.41, 5.74) is 2.60. The molecule has 7 heteroatoms. The van der Waals surface area contributed by atoms with Crippen molar-refractivity contribution in [3.63, 3.8) is 0 Å². The molecule has 0 aliphatic carbocycles. The summed E-state index contributed by atoms with van der Waals surface area (Å²) in [5.74, 6) is -0.913. The number of fused-ring (bicyclic) bond motifs is 1. The summed E-state index contributed by atoms with van der Waals surface area (Å²) in [6.07, 6.45) is 1.68. The van der Waals surface area contributed by atoms with Crippen LogP contribution in [0.2, 0.25) is 5.02 Å². The minimum Gasteiger partial charge on any atom is -0.462 e. The third kappa shape index (κ3) is 3.97. The van der Waals surface area contributed by atoms with Crippen molar-refractivity contribution in [2.75, 3.05) is 11.9 Å². The topological polar surface area (TPSA) is 56.1 Å². The number of carbonyl (C=O) groups excluding carboxylic acids is 1. The molecule has 5 nitrogen and oxygen atoms in total. The van der Waals surface area contributed by atoms with Gasteiger partial charge in [-0.25, -0.2) is 9.18 Å². The molecule has 2 aromatic rings. The molecule has 1 unspecified atom stereocenters. The molecule has 3 rings (SSSR count). The predicted molar refractivity (Wildman–Crippen MR) is 117 cm³/mol. The van der Waals surface area contributed by atoms with E-state index in [4.69, 9.17) is 21.4 Å².